The van der Waals surface area contributed by atoms with Gasteiger partial charge in [0.1, 0.15) is 5.82 Å². The van der Waals surface area contributed by atoms with Crippen molar-refractivity contribution in [1.82, 2.24) is 0 Å². The number of amides is 1. The van der Waals surface area contributed by atoms with Crippen molar-refractivity contribution in [1.29, 1.82) is 0 Å². The molecular formula is C16H17FN2O3S. The van der Waals surface area contributed by atoms with Crippen LogP contribution in [0.2, 0.25) is 0 Å². The molecule has 0 aliphatic heterocycles. The third kappa shape index (κ3) is 5.07. The molecule has 2 aromatic rings. The molecule has 0 fully saturated rings. The molecule has 0 atom stereocenters. The molecular weight excluding hydrogens is 319 g/mol. The second-order valence-corrected chi connectivity index (χ2v) is 6.89. The molecule has 0 aliphatic carbocycles. The van der Waals surface area contributed by atoms with E-state index in [1.807, 2.05) is 6.07 Å². The first-order valence-corrected chi connectivity index (χ1v) is 8.79. The van der Waals surface area contributed by atoms with Crippen molar-refractivity contribution in [2.45, 2.75) is 6.42 Å². The standard InChI is InChI=1S/C16H17FN2O3S/c1-23(21,22)19(15-9-5-6-13(17)12-15)11-10-16(20)18-14-7-3-2-4-8-14/h2-9,12H,10-11H2,1H3,(H,18,20). The minimum absolute atomic E-state index is 0.0432. The second-order valence-electron chi connectivity index (χ2n) is 4.98. The van der Waals surface area contributed by atoms with E-state index in [1.54, 1.807) is 24.3 Å². The third-order valence-corrected chi connectivity index (χ3v) is 4.29. The number of hydrogen-bond acceptors (Lipinski definition) is 3. The van der Waals surface area contributed by atoms with Crippen LogP contribution in [-0.4, -0.2) is 27.1 Å². The van der Waals surface area contributed by atoms with Gasteiger partial charge in [0.2, 0.25) is 15.9 Å². The summed E-state index contributed by atoms with van der Waals surface area (Å²) in [4.78, 5) is 11.9. The fraction of sp³-hybridized carbons (Fsp3) is 0.188. The van der Waals surface area contributed by atoms with Gasteiger partial charge in [0.25, 0.3) is 0 Å². The lowest BCUT2D eigenvalue weighted by molar-refractivity contribution is -0.116. The lowest BCUT2D eigenvalue weighted by Gasteiger charge is -2.22. The monoisotopic (exact) mass is 336 g/mol. The van der Waals surface area contributed by atoms with Crippen molar-refractivity contribution in [2.75, 3.05) is 22.4 Å². The zero-order chi connectivity index (χ0) is 16.9. The fourth-order valence-electron chi connectivity index (χ4n) is 2.07. The van der Waals surface area contributed by atoms with Gasteiger partial charge in [-0.25, -0.2) is 12.8 Å². The maximum Gasteiger partial charge on any atom is 0.232 e. The summed E-state index contributed by atoms with van der Waals surface area (Å²) < 4.78 is 38.1. The molecule has 0 aromatic heterocycles. The van der Waals surface area contributed by atoms with Gasteiger partial charge in [-0.2, -0.15) is 0 Å². The Kier molecular flexibility index (Phi) is 5.33. The highest BCUT2D eigenvalue weighted by Gasteiger charge is 2.19. The molecule has 1 amide bonds. The van der Waals surface area contributed by atoms with E-state index in [1.165, 1.54) is 18.2 Å². The minimum Gasteiger partial charge on any atom is -0.326 e. The van der Waals surface area contributed by atoms with E-state index in [-0.39, 0.29) is 24.6 Å². The summed E-state index contributed by atoms with van der Waals surface area (Å²) in [7, 11) is -3.62. The second kappa shape index (κ2) is 7.23. The molecule has 0 heterocycles. The number of anilines is 2. The third-order valence-electron chi connectivity index (χ3n) is 3.10. The average Bonchev–Trinajstić information content (AvgIpc) is 2.47. The summed E-state index contributed by atoms with van der Waals surface area (Å²) >= 11 is 0. The fourth-order valence-corrected chi connectivity index (χ4v) is 2.99. The van der Waals surface area contributed by atoms with Crippen LogP contribution in [0.4, 0.5) is 15.8 Å². The van der Waals surface area contributed by atoms with Crippen LogP contribution in [0.1, 0.15) is 6.42 Å². The summed E-state index contributed by atoms with van der Waals surface area (Å²) in [5.41, 5.74) is 0.828. The van der Waals surface area contributed by atoms with Gasteiger partial charge in [-0.3, -0.25) is 9.10 Å². The zero-order valence-electron chi connectivity index (χ0n) is 12.6. The lowest BCUT2D eigenvalue weighted by atomic mass is 10.3. The van der Waals surface area contributed by atoms with Gasteiger partial charge in [0.05, 0.1) is 11.9 Å². The Morgan fingerprint density at radius 2 is 1.83 bits per heavy atom. The number of rotatable bonds is 6. The molecule has 0 spiro atoms. The largest absolute Gasteiger partial charge is 0.326 e. The normalized spacial score (nSPS) is 11.0. The molecule has 2 aromatic carbocycles. The highest BCUT2D eigenvalue weighted by molar-refractivity contribution is 7.92. The number of halogens is 1. The number of carbonyl (C=O) groups is 1. The smallest absolute Gasteiger partial charge is 0.232 e. The maximum atomic E-state index is 13.3. The topological polar surface area (TPSA) is 66.5 Å². The Bertz CT molecular complexity index is 779. The summed E-state index contributed by atoms with van der Waals surface area (Å²) in [6.45, 7) is -0.0685. The average molecular weight is 336 g/mol. The summed E-state index contributed by atoms with van der Waals surface area (Å²) in [5.74, 6) is -0.855. The van der Waals surface area contributed by atoms with Crippen molar-refractivity contribution in [3.63, 3.8) is 0 Å². The Labute approximate surface area is 134 Å². The van der Waals surface area contributed by atoms with E-state index in [9.17, 15) is 17.6 Å². The molecule has 0 unspecified atom stereocenters. The van der Waals surface area contributed by atoms with Crippen molar-refractivity contribution in [3.05, 3.63) is 60.4 Å². The number of para-hydroxylation sites is 1. The molecule has 2 rings (SSSR count). The number of nitrogens with zero attached hydrogens (tertiary/aromatic N) is 1. The van der Waals surface area contributed by atoms with Crippen LogP contribution in [0.5, 0.6) is 0 Å². The number of carbonyl (C=O) groups excluding carboxylic acids is 1. The number of benzene rings is 2. The van der Waals surface area contributed by atoms with E-state index in [0.717, 1.165) is 16.6 Å². The Morgan fingerprint density at radius 3 is 2.43 bits per heavy atom. The van der Waals surface area contributed by atoms with Gasteiger partial charge < -0.3 is 5.32 Å². The van der Waals surface area contributed by atoms with Crippen molar-refractivity contribution < 1.29 is 17.6 Å². The molecule has 122 valence electrons. The molecule has 0 saturated heterocycles. The van der Waals surface area contributed by atoms with Crippen molar-refractivity contribution in [2.24, 2.45) is 0 Å². The Balaban J connectivity index is 2.06. The van der Waals surface area contributed by atoms with E-state index in [2.05, 4.69) is 5.32 Å². The first kappa shape index (κ1) is 17.0. The van der Waals surface area contributed by atoms with Crippen LogP contribution < -0.4 is 9.62 Å². The number of hydrogen-bond donors (Lipinski definition) is 1. The Hall–Kier alpha value is -2.41. The van der Waals surface area contributed by atoms with E-state index < -0.39 is 15.8 Å². The van der Waals surface area contributed by atoms with Gasteiger partial charge in [-0.15, -0.1) is 0 Å². The van der Waals surface area contributed by atoms with Crippen LogP contribution in [0.3, 0.4) is 0 Å². The predicted molar refractivity (Wildman–Crippen MR) is 88.3 cm³/mol. The Morgan fingerprint density at radius 1 is 1.13 bits per heavy atom. The molecule has 23 heavy (non-hydrogen) atoms. The van der Waals surface area contributed by atoms with Gasteiger partial charge in [0, 0.05) is 18.7 Å². The predicted octanol–water partition coefficient (Wildman–Crippen LogP) is 2.62. The molecule has 1 N–H and O–H groups in total. The molecule has 0 saturated carbocycles. The van der Waals surface area contributed by atoms with Crippen LogP contribution in [0.25, 0.3) is 0 Å². The molecule has 5 nitrogen and oxygen atoms in total. The number of nitrogens with one attached hydrogen (secondary N) is 1. The van der Waals surface area contributed by atoms with E-state index in [0.29, 0.717) is 5.69 Å². The first-order valence-electron chi connectivity index (χ1n) is 6.94. The maximum absolute atomic E-state index is 13.3. The molecule has 0 aliphatic rings. The minimum atomic E-state index is -3.62. The lowest BCUT2D eigenvalue weighted by Crippen LogP contribution is -2.33. The quantitative estimate of drug-likeness (QED) is 0.882. The van der Waals surface area contributed by atoms with E-state index in [4.69, 9.17) is 0 Å². The highest BCUT2D eigenvalue weighted by Crippen LogP contribution is 2.19. The number of sulfonamides is 1. The molecule has 0 bridgehead atoms. The van der Waals surface area contributed by atoms with Crippen molar-refractivity contribution in [3.8, 4) is 0 Å². The summed E-state index contributed by atoms with van der Waals surface area (Å²) in [5, 5.41) is 2.68. The summed E-state index contributed by atoms with van der Waals surface area (Å²) in [6, 6.07) is 14.1. The van der Waals surface area contributed by atoms with Crippen molar-refractivity contribution >= 4 is 27.3 Å². The SMILES string of the molecule is CS(=O)(=O)N(CCC(=O)Nc1ccccc1)c1cccc(F)c1. The van der Waals surface area contributed by atoms with Gasteiger partial charge in [0.15, 0.2) is 0 Å². The van der Waals surface area contributed by atoms with Crippen LogP contribution >= 0.6 is 0 Å². The molecule has 7 heteroatoms. The molecule has 0 radical (unpaired) electrons. The first-order chi connectivity index (χ1) is 10.9. The van der Waals surface area contributed by atoms with Gasteiger partial charge >= 0.3 is 0 Å². The summed E-state index contributed by atoms with van der Waals surface area (Å²) in [6.07, 6.45) is 0.978. The van der Waals surface area contributed by atoms with Crippen LogP contribution in [0, 0.1) is 5.82 Å². The van der Waals surface area contributed by atoms with Crippen LogP contribution in [0.15, 0.2) is 54.6 Å². The van der Waals surface area contributed by atoms with Crippen LogP contribution in [-0.2, 0) is 14.8 Å². The van der Waals surface area contributed by atoms with Gasteiger partial charge in [-0.05, 0) is 30.3 Å². The highest BCUT2D eigenvalue weighted by atomic mass is 32.2. The van der Waals surface area contributed by atoms with Gasteiger partial charge in [-0.1, -0.05) is 24.3 Å². The zero-order valence-corrected chi connectivity index (χ0v) is 13.4. The van der Waals surface area contributed by atoms with E-state index >= 15 is 0 Å².